The Balaban J connectivity index is 1.61. The quantitative estimate of drug-likeness (QED) is 0.301. The first-order valence-electron chi connectivity index (χ1n) is 10.8. The van der Waals surface area contributed by atoms with E-state index in [4.69, 9.17) is 25.5 Å². The minimum Gasteiger partial charge on any atom is -0.492 e. The number of fused-ring (bicyclic) bond motifs is 1. The molecule has 186 valence electrons. The van der Waals surface area contributed by atoms with Gasteiger partial charge in [-0.3, -0.25) is 9.59 Å². The number of anilines is 1. The fourth-order valence-corrected chi connectivity index (χ4v) is 3.65. The average molecular weight is 518 g/mol. The molecule has 0 saturated heterocycles. The monoisotopic (exact) mass is 517 g/mol. The van der Waals surface area contributed by atoms with E-state index in [0.29, 0.717) is 23.1 Å². The molecule has 1 aromatic heterocycles. The molecule has 4 rings (SSSR count). The third-order valence-electron chi connectivity index (χ3n) is 5.09. The molecule has 1 N–H and O–H groups in total. The Morgan fingerprint density at radius 2 is 1.75 bits per heavy atom. The Hall–Kier alpha value is -3.98. The maximum absolute atomic E-state index is 13.8. The number of carbonyl (C=O) groups is 1. The van der Waals surface area contributed by atoms with Gasteiger partial charge in [0, 0.05) is 11.1 Å². The van der Waals surface area contributed by atoms with Crippen LogP contribution in [0.15, 0.2) is 75.9 Å². The largest absolute Gasteiger partial charge is 0.492 e. The van der Waals surface area contributed by atoms with Crippen LogP contribution >= 0.6 is 11.6 Å². The topological polar surface area (TPSA) is 77.8 Å². The SMILES string of the molecule is CCOc1ccccc1NC(=O)COc1ccc2c(=O)c(-c3ccc(Cl)cc3)c(C(F)(F)F)oc2c1. The predicted octanol–water partition coefficient (Wildman–Crippen LogP) is 6.55. The average Bonchev–Trinajstić information content (AvgIpc) is 2.84. The van der Waals surface area contributed by atoms with Gasteiger partial charge in [-0.15, -0.1) is 0 Å². The molecule has 0 aliphatic rings. The van der Waals surface area contributed by atoms with E-state index in [-0.39, 0.29) is 22.3 Å². The number of rotatable bonds is 7. The van der Waals surface area contributed by atoms with E-state index in [9.17, 15) is 22.8 Å². The van der Waals surface area contributed by atoms with E-state index in [1.54, 1.807) is 24.3 Å². The highest BCUT2D eigenvalue weighted by Gasteiger charge is 2.39. The lowest BCUT2D eigenvalue weighted by atomic mass is 10.0. The number of nitrogens with one attached hydrogen (secondary N) is 1. The van der Waals surface area contributed by atoms with Crippen molar-refractivity contribution in [2.45, 2.75) is 13.1 Å². The molecule has 0 fully saturated rings. The Bertz CT molecular complexity index is 1470. The number of amides is 1. The minimum absolute atomic E-state index is 0.0201. The minimum atomic E-state index is -4.94. The summed E-state index contributed by atoms with van der Waals surface area (Å²) in [5.41, 5.74) is -1.34. The number of carbonyl (C=O) groups excluding carboxylic acids is 1. The van der Waals surface area contributed by atoms with Crippen LogP contribution in [0.4, 0.5) is 18.9 Å². The molecule has 6 nitrogen and oxygen atoms in total. The van der Waals surface area contributed by atoms with Crippen molar-refractivity contribution in [3.63, 3.8) is 0 Å². The zero-order valence-corrected chi connectivity index (χ0v) is 19.6. The standard InChI is InChI=1S/C26H19ClF3NO5/c1-2-34-20-6-4-3-5-19(20)31-22(32)14-35-17-11-12-18-21(13-17)36-25(26(28,29)30)23(24(18)33)15-7-9-16(27)10-8-15/h3-13H,2,14H2,1H3,(H,31,32). The van der Waals surface area contributed by atoms with Gasteiger partial charge in [-0.1, -0.05) is 35.9 Å². The second kappa shape index (κ2) is 10.3. The first-order valence-corrected chi connectivity index (χ1v) is 11.1. The summed E-state index contributed by atoms with van der Waals surface area (Å²) in [7, 11) is 0. The van der Waals surface area contributed by atoms with Gasteiger partial charge in [0.15, 0.2) is 6.61 Å². The highest BCUT2D eigenvalue weighted by molar-refractivity contribution is 6.30. The van der Waals surface area contributed by atoms with E-state index < -0.39 is 35.4 Å². The number of ether oxygens (including phenoxy) is 2. The lowest BCUT2D eigenvalue weighted by Gasteiger charge is -2.14. The molecule has 4 aromatic rings. The van der Waals surface area contributed by atoms with Crippen molar-refractivity contribution in [2.24, 2.45) is 0 Å². The Kier molecular flexibility index (Phi) is 7.21. The maximum Gasteiger partial charge on any atom is 0.450 e. The van der Waals surface area contributed by atoms with Gasteiger partial charge in [0.05, 0.1) is 23.2 Å². The Morgan fingerprint density at radius 3 is 2.44 bits per heavy atom. The fraction of sp³-hybridized carbons (Fsp3) is 0.154. The normalized spacial score (nSPS) is 11.4. The van der Waals surface area contributed by atoms with Crippen molar-refractivity contribution >= 4 is 34.2 Å². The van der Waals surface area contributed by atoms with Gasteiger partial charge in [-0.05, 0) is 48.9 Å². The molecule has 0 spiro atoms. The summed E-state index contributed by atoms with van der Waals surface area (Å²) in [6.45, 7) is 1.78. The van der Waals surface area contributed by atoms with Crippen LogP contribution in [0.2, 0.25) is 5.02 Å². The Morgan fingerprint density at radius 1 is 1.03 bits per heavy atom. The first-order chi connectivity index (χ1) is 17.2. The summed E-state index contributed by atoms with van der Waals surface area (Å²) in [5.74, 6) is -1.43. The summed E-state index contributed by atoms with van der Waals surface area (Å²) in [4.78, 5) is 25.4. The van der Waals surface area contributed by atoms with E-state index >= 15 is 0 Å². The molecule has 0 aliphatic heterocycles. The third-order valence-corrected chi connectivity index (χ3v) is 5.34. The molecule has 1 heterocycles. The molecule has 1 amide bonds. The number of hydrogen-bond donors (Lipinski definition) is 1. The Labute approximate surface area is 208 Å². The van der Waals surface area contributed by atoms with Gasteiger partial charge >= 0.3 is 6.18 Å². The van der Waals surface area contributed by atoms with E-state index in [1.807, 2.05) is 6.92 Å². The van der Waals surface area contributed by atoms with Gasteiger partial charge in [0.25, 0.3) is 5.91 Å². The molecule has 10 heteroatoms. The van der Waals surface area contributed by atoms with Gasteiger partial charge in [-0.25, -0.2) is 0 Å². The predicted molar refractivity (Wildman–Crippen MR) is 130 cm³/mol. The number of alkyl halides is 3. The molecule has 3 aromatic carbocycles. The summed E-state index contributed by atoms with van der Waals surface area (Å²) < 4.78 is 57.5. The molecule has 0 unspecified atom stereocenters. The summed E-state index contributed by atoms with van der Waals surface area (Å²) >= 11 is 5.83. The molecule has 0 aliphatic carbocycles. The number of hydrogen-bond acceptors (Lipinski definition) is 5. The van der Waals surface area contributed by atoms with Crippen LogP contribution in [-0.2, 0) is 11.0 Å². The molecular weight excluding hydrogens is 499 g/mol. The molecule has 0 radical (unpaired) electrons. The van der Waals surface area contributed by atoms with Gasteiger partial charge < -0.3 is 19.2 Å². The highest BCUT2D eigenvalue weighted by Crippen LogP contribution is 2.38. The third kappa shape index (κ3) is 5.46. The second-order valence-corrected chi connectivity index (χ2v) is 8.00. The van der Waals surface area contributed by atoms with Crippen LogP contribution in [0.1, 0.15) is 12.7 Å². The summed E-state index contributed by atoms with van der Waals surface area (Å²) in [5, 5.41) is 2.89. The van der Waals surface area contributed by atoms with E-state index in [2.05, 4.69) is 5.32 Å². The van der Waals surface area contributed by atoms with Crippen molar-refractivity contribution in [3.8, 4) is 22.6 Å². The number of para-hydroxylation sites is 2. The molecular formula is C26H19ClF3NO5. The van der Waals surface area contributed by atoms with Crippen LogP contribution in [0, 0.1) is 0 Å². The van der Waals surface area contributed by atoms with Crippen molar-refractivity contribution in [1.29, 1.82) is 0 Å². The van der Waals surface area contributed by atoms with Crippen LogP contribution < -0.4 is 20.2 Å². The lowest BCUT2D eigenvalue weighted by molar-refractivity contribution is -0.152. The molecule has 0 saturated carbocycles. The van der Waals surface area contributed by atoms with E-state index in [1.165, 1.54) is 36.4 Å². The second-order valence-electron chi connectivity index (χ2n) is 7.56. The van der Waals surface area contributed by atoms with Gasteiger partial charge in [0.2, 0.25) is 11.2 Å². The smallest absolute Gasteiger partial charge is 0.450 e. The van der Waals surface area contributed by atoms with Crippen molar-refractivity contribution in [2.75, 3.05) is 18.5 Å². The lowest BCUT2D eigenvalue weighted by Crippen LogP contribution is -2.20. The van der Waals surface area contributed by atoms with E-state index in [0.717, 1.165) is 6.07 Å². The van der Waals surface area contributed by atoms with Crippen LogP contribution in [-0.4, -0.2) is 19.1 Å². The van der Waals surface area contributed by atoms with Crippen molar-refractivity contribution < 1.29 is 31.9 Å². The number of benzene rings is 3. The first kappa shape index (κ1) is 25.1. The summed E-state index contributed by atoms with van der Waals surface area (Å²) in [6.07, 6.45) is -4.94. The van der Waals surface area contributed by atoms with Crippen LogP contribution in [0.5, 0.6) is 11.5 Å². The van der Waals surface area contributed by atoms with Crippen molar-refractivity contribution in [1.82, 2.24) is 0 Å². The van der Waals surface area contributed by atoms with Gasteiger partial charge in [0.1, 0.15) is 17.1 Å². The summed E-state index contributed by atoms with van der Waals surface area (Å²) in [6, 6.07) is 16.0. The zero-order chi connectivity index (χ0) is 25.9. The highest BCUT2D eigenvalue weighted by atomic mass is 35.5. The van der Waals surface area contributed by atoms with Gasteiger partial charge in [-0.2, -0.15) is 13.2 Å². The van der Waals surface area contributed by atoms with Crippen molar-refractivity contribution in [3.05, 3.63) is 87.7 Å². The fourth-order valence-electron chi connectivity index (χ4n) is 3.53. The number of halogens is 4. The molecule has 0 atom stereocenters. The van der Waals surface area contributed by atoms with Crippen LogP contribution in [0.3, 0.4) is 0 Å². The molecule has 0 bridgehead atoms. The zero-order valence-electron chi connectivity index (χ0n) is 18.8. The maximum atomic E-state index is 13.8. The van der Waals surface area contributed by atoms with Crippen LogP contribution in [0.25, 0.3) is 22.1 Å². The molecule has 36 heavy (non-hydrogen) atoms.